The highest BCUT2D eigenvalue weighted by atomic mass is 16.5. The average Bonchev–Trinajstić information content (AvgIpc) is 2.38. The summed E-state index contributed by atoms with van der Waals surface area (Å²) in [5, 5.41) is 9.83. The summed E-state index contributed by atoms with van der Waals surface area (Å²) in [4.78, 5) is 13.2. The van der Waals surface area contributed by atoms with Gasteiger partial charge in [-0.2, -0.15) is 0 Å². The van der Waals surface area contributed by atoms with Crippen molar-refractivity contribution in [3.8, 4) is 5.75 Å². The van der Waals surface area contributed by atoms with Gasteiger partial charge in [-0.25, -0.2) is 0 Å². The highest BCUT2D eigenvalue weighted by molar-refractivity contribution is 5.69. The Bertz CT molecular complexity index is 422. The highest BCUT2D eigenvalue weighted by Crippen LogP contribution is 2.14. The Labute approximate surface area is 120 Å². The molecule has 5 nitrogen and oxygen atoms in total. The largest absolute Gasteiger partial charge is 0.497 e. The number of esters is 1. The highest BCUT2D eigenvalue weighted by Gasteiger charge is 2.14. The number of likely N-dealkylation sites (N-methyl/N-ethyl adjacent to an activating group) is 1. The molecular formula is C15H23NO4. The van der Waals surface area contributed by atoms with Crippen LogP contribution < -0.4 is 4.74 Å². The molecule has 0 bridgehead atoms. The third-order valence-electron chi connectivity index (χ3n) is 2.82. The zero-order chi connectivity index (χ0) is 15.0. The molecule has 112 valence electrons. The SMILES string of the molecule is CCOC(=O)CC(O)CN(C)Cc1cccc(OC)c1. The number of carbonyl (C=O) groups excluding carboxylic acids is 1. The molecule has 0 saturated heterocycles. The summed E-state index contributed by atoms with van der Waals surface area (Å²) in [7, 11) is 3.53. The lowest BCUT2D eigenvalue weighted by Gasteiger charge is -2.20. The molecule has 5 heteroatoms. The maximum Gasteiger partial charge on any atom is 0.308 e. The number of ether oxygens (including phenoxy) is 2. The molecule has 1 unspecified atom stereocenters. The van der Waals surface area contributed by atoms with Crippen LogP contribution in [0.2, 0.25) is 0 Å². The van der Waals surface area contributed by atoms with E-state index in [4.69, 9.17) is 9.47 Å². The van der Waals surface area contributed by atoms with Gasteiger partial charge in [0.2, 0.25) is 0 Å². The van der Waals surface area contributed by atoms with Crippen molar-refractivity contribution in [2.24, 2.45) is 0 Å². The first kappa shape index (κ1) is 16.5. The maximum absolute atomic E-state index is 11.3. The zero-order valence-electron chi connectivity index (χ0n) is 12.3. The number of hydrogen-bond donors (Lipinski definition) is 1. The molecule has 1 atom stereocenters. The molecule has 1 N–H and O–H groups in total. The van der Waals surface area contributed by atoms with Gasteiger partial charge in [-0.3, -0.25) is 9.69 Å². The second-order valence-electron chi connectivity index (χ2n) is 4.71. The van der Waals surface area contributed by atoms with Gasteiger partial charge in [-0.1, -0.05) is 12.1 Å². The molecule has 0 aliphatic rings. The van der Waals surface area contributed by atoms with Gasteiger partial charge in [-0.15, -0.1) is 0 Å². The molecule has 0 spiro atoms. The minimum absolute atomic E-state index is 0.0241. The van der Waals surface area contributed by atoms with Crippen LogP contribution >= 0.6 is 0 Å². The number of nitrogens with zero attached hydrogens (tertiary/aromatic N) is 1. The van der Waals surface area contributed by atoms with Crippen LogP contribution in [0.3, 0.4) is 0 Å². The third-order valence-corrected chi connectivity index (χ3v) is 2.82. The van der Waals surface area contributed by atoms with Crippen LogP contribution in [0.1, 0.15) is 18.9 Å². The van der Waals surface area contributed by atoms with E-state index < -0.39 is 6.10 Å². The first-order chi connectivity index (χ1) is 9.55. The number of aliphatic hydroxyl groups is 1. The van der Waals surface area contributed by atoms with E-state index in [-0.39, 0.29) is 12.4 Å². The van der Waals surface area contributed by atoms with E-state index in [1.165, 1.54) is 0 Å². The van der Waals surface area contributed by atoms with Crippen LogP contribution in [0.25, 0.3) is 0 Å². The van der Waals surface area contributed by atoms with Gasteiger partial charge < -0.3 is 14.6 Å². The number of hydrogen-bond acceptors (Lipinski definition) is 5. The van der Waals surface area contributed by atoms with Gasteiger partial charge in [0, 0.05) is 13.1 Å². The zero-order valence-corrected chi connectivity index (χ0v) is 12.3. The minimum atomic E-state index is -0.718. The maximum atomic E-state index is 11.3. The molecule has 0 aromatic heterocycles. The van der Waals surface area contributed by atoms with E-state index >= 15 is 0 Å². The van der Waals surface area contributed by atoms with E-state index in [0.717, 1.165) is 11.3 Å². The summed E-state index contributed by atoms with van der Waals surface area (Å²) in [6.45, 7) is 3.18. The molecule has 0 aliphatic heterocycles. The number of carbonyl (C=O) groups is 1. The van der Waals surface area contributed by atoms with Crippen molar-refractivity contribution in [3.05, 3.63) is 29.8 Å². The molecule has 0 radical (unpaired) electrons. The summed E-state index contributed by atoms with van der Waals surface area (Å²) in [5.41, 5.74) is 1.09. The molecule has 0 amide bonds. The van der Waals surface area contributed by atoms with E-state index in [1.54, 1.807) is 14.0 Å². The lowest BCUT2D eigenvalue weighted by atomic mass is 10.2. The topological polar surface area (TPSA) is 59.0 Å². The average molecular weight is 281 g/mol. The lowest BCUT2D eigenvalue weighted by Crippen LogP contribution is -2.30. The van der Waals surface area contributed by atoms with Crippen molar-refractivity contribution >= 4 is 5.97 Å². The fraction of sp³-hybridized carbons (Fsp3) is 0.533. The molecule has 0 heterocycles. The predicted octanol–water partition coefficient (Wildman–Crippen LogP) is 1.44. The van der Waals surface area contributed by atoms with Crippen LogP contribution in [-0.2, 0) is 16.1 Å². The second kappa shape index (κ2) is 8.55. The van der Waals surface area contributed by atoms with Crippen molar-refractivity contribution in [2.75, 3.05) is 27.3 Å². The van der Waals surface area contributed by atoms with Crippen LogP contribution in [0.4, 0.5) is 0 Å². The van der Waals surface area contributed by atoms with Crippen LogP contribution in [0.5, 0.6) is 5.75 Å². The first-order valence-corrected chi connectivity index (χ1v) is 6.70. The van der Waals surface area contributed by atoms with E-state index in [1.807, 2.05) is 36.2 Å². The smallest absolute Gasteiger partial charge is 0.308 e. The van der Waals surface area contributed by atoms with Crippen molar-refractivity contribution in [1.29, 1.82) is 0 Å². The quantitative estimate of drug-likeness (QED) is 0.731. The van der Waals surface area contributed by atoms with Gasteiger partial charge in [0.15, 0.2) is 0 Å². The second-order valence-corrected chi connectivity index (χ2v) is 4.71. The van der Waals surface area contributed by atoms with E-state index in [0.29, 0.717) is 19.7 Å². The van der Waals surface area contributed by atoms with E-state index in [2.05, 4.69) is 0 Å². The number of methoxy groups -OCH3 is 1. The standard InChI is InChI=1S/C15H23NO4/c1-4-20-15(18)9-13(17)11-16(2)10-12-6-5-7-14(8-12)19-3/h5-8,13,17H,4,9-11H2,1-3H3. The van der Waals surface area contributed by atoms with Gasteiger partial charge in [0.25, 0.3) is 0 Å². The first-order valence-electron chi connectivity index (χ1n) is 6.70. The lowest BCUT2D eigenvalue weighted by molar-refractivity contribution is -0.145. The Kier molecular flexibility index (Phi) is 7.04. The van der Waals surface area contributed by atoms with Crippen molar-refractivity contribution in [2.45, 2.75) is 26.0 Å². The summed E-state index contributed by atoms with van der Waals surface area (Å²) < 4.78 is 9.98. The summed E-state index contributed by atoms with van der Waals surface area (Å²) >= 11 is 0. The summed E-state index contributed by atoms with van der Waals surface area (Å²) in [5.74, 6) is 0.442. The molecular weight excluding hydrogens is 258 g/mol. The molecule has 1 aromatic rings. The van der Waals surface area contributed by atoms with Crippen LogP contribution in [0.15, 0.2) is 24.3 Å². The van der Waals surface area contributed by atoms with Gasteiger partial charge in [0.1, 0.15) is 5.75 Å². The molecule has 0 aliphatic carbocycles. The Morgan fingerprint density at radius 3 is 2.85 bits per heavy atom. The number of benzene rings is 1. The fourth-order valence-electron chi connectivity index (χ4n) is 1.98. The molecule has 1 aromatic carbocycles. The normalized spacial score (nSPS) is 12.2. The Morgan fingerprint density at radius 1 is 1.45 bits per heavy atom. The third kappa shape index (κ3) is 6.04. The summed E-state index contributed by atoms with van der Waals surface area (Å²) in [6.07, 6.45) is -0.694. The monoisotopic (exact) mass is 281 g/mol. The number of rotatable bonds is 8. The predicted molar refractivity (Wildman–Crippen MR) is 76.6 cm³/mol. The molecule has 20 heavy (non-hydrogen) atoms. The van der Waals surface area contributed by atoms with Crippen LogP contribution in [-0.4, -0.2) is 49.4 Å². The summed E-state index contributed by atoms with van der Waals surface area (Å²) in [6, 6.07) is 7.77. The molecule has 1 rings (SSSR count). The fourth-order valence-corrected chi connectivity index (χ4v) is 1.98. The number of aliphatic hydroxyl groups excluding tert-OH is 1. The Balaban J connectivity index is 2.42. The van der Waals surface area contributed by atoms with Crippen molar-refractivity contribution in [3.63, 3.8) is 0 Å². The van der Waals surface area contributed by atoms with Crippen molar-refractivity contribution in [1.82, 2.24) is 4.90 Å². The van der Waals surface area contributed by atoms with Gasteiger partial charge in [0.05, 0.1) is 26.2 Å². The van der Waals surface area contributed by atoms with E-state index in [9.17, 15) is 9.90 Å². The van der Waals surface area contributed by atoms with Crippen LogP contribution in [0, 0.1) is 0 Å². The van der Waals surface area contributed by atoms with Gasteiger partial charge in [-0.05, 0) is 31.7 Å². The van der Waals surface area contributed by atoms with Gasteiger partial charge >= 0.3 is 5.97 Å². The Morgan fingerprint density at radius 2 is 2.20 bits per heavy atom. The minimum Gasteiger partial charge on any atom is -0.497 e. The molecule has 0 saturated carbocycles. The molecule has 0 fully saturated rings. The van der Waals surface area contributed by atoms with Crippen molar-refractivity contribution < 1.29 is 19.4 Å². The Hall–Kier alpha value is -1.59.